The van der Waals surface area contributed by atoms with E-state index in [2.05, 4.69) is 28.5 Å². The predicted molar refractivity (Wildman–Crippen MR) is 82.6 cm³/mol. The van der Waals surface area contributed by atoms with Crippen LogP contribution in [0.25, 0.3) is 0 Å². The summed E-state index contributed by atoms with van der Waals surface area (Å²) in [5, 5.41) is 3.52. The molecule has 0 spiro atoms. The van der Waals surface area contributed by atoms with Gasteiger partial charge in [0.15, 0.2) is 5.78 Å². The lowest BCUT2D eigenvalue weighted by Crippen LogP contribution is -2.24. The summed E-state index contributed by atoms with van der Waals surface area (Å²) in [5.74, 6) is 0.210. The summed E-state index contributed by atoms with van der Waals surface area (Å²) in [6.45, 7) is 0. The van der Waals surface area contributed by atoms with Crippen LogP contribution < -0.4 is 5.32 Å². The fourth-order valence-electron chi connectivity index (χ4n) is 2.64. The molecule has 0 aliphatic heterocycles. The Morgan fingerprint density at radius 2 is 1.81 bits per heavy atom. The molecule has 1 aromatic heterocycles. The van der Waals surface area contributed by atoms with Crippen LogP contribution in [0.3, 0.4) is 0 Å². The van der Waals surface area contributed by atoms with E-state index < -0.39 is 0 Å². The number of carbonyl (C=O) groups is 1. The topological polar surface area (TPSA) is 42.0 Å². The van der Waals surface area contributed by atoms with Crippen molar-refractivity contribution in [3.05, 3.63) is 77.8 Å². The Bertz CT molecular complexity index is 595. The maximum atomic E-state index is 11.6. The van der Waals surface area contributed by atoms with Crippen molar-refractivity contribution in [2.45, 2.75) is 25.3 Å². The highest BCUT2D eigenvalue weighted by atomic mass is 16.1. The molecule has 1 N–H and O–H groups in total. The molecule has 1 aliphatic carbocycles. The summed E-state index contributed by atoms with van der Waals surface area (Å²) in [5.41, 5.74) is 3.29. The molecule has 3 nitrogen and oxygen atoms in total. The molecule has 1 unspecified atom stereocenters. The quantitative estimate of drug-likeness (QED) is 0.932. The van der Waals surface area contributed by atoms with Crippen LogP contribution in [0.1, 0.15) is 36.4 Å². The maximum Gasteiger partial charge on any atom is 0.157 e. The van der Waals surface area contributed by atoms with Crippen molar-refractivity contribution in [3.63, 3.8) is 0 Å². The van der Waals surface area contributed by atoms with Gasteiger partial charge in [0, 0.05) is 30.6 Å². The molecule has 0 radical (unpaired) electrons. The van der Waals surface area contributed by atoms with Crippen LogP contribution in [-0.2, 0) is 4.79 Å². The van der Waals surface area contributed by atoms with Gasteiger partial charge in [-0.25, -0.2) is 0 Å². The van der Waals surface area contributed by atoms with Crippen molar-refractivity contribution < 1.29 is 4.79 Å². The Labute approximate surface area is 124 Å². The molecule has 1 heterocycles. The zero-order valence-electron chi connectivity index (χ0n) is 11.8. The number of benzene rings is 1. The van der Waals surface area contributed by atoms with E-state index in [0.717, 1.165) is 24.1 Å². The van der Waals surface area contributed by atoms with E-state index in [1.54, 1.807) is 12.3 Å². The monoisotopic (exact) mass is 278 g/mol. The number of carbonyl (C=O) groups excluding carboxylic acids is 1. The minimum Gasteiger partial charge on any atom is -0.377 e. The molecular weight excluding hydrogens is 260 g/mol. The maximum absolute atomic E-state index is 11.6. The van der Waals surface area contributed by atoms with Crippen LogP contribution in [0, 0.1) is 0 Å². The van der Waals surface area contributed by atoms with Gasteiger partial charge in [0.25, 0.3) is 0 Å². The summed E-state index contributed by atoms with van der Waals surface area (Å²) < 4.78 is 0. The normalized spacial score (nSPS) is 16.2. The molecular formula is C18H18N2O. The number of allylic oxidation sites excluding steroid dienone is 2. The van der Waals surface area contributed by atoms with Crippen molar-refractivity contribution in [3.8, 4) is 0 Å². The molecule has 0 fully saturated rings. The van der Waals surface area contributed by atoms with E-state index in [1.807, 2.05) is 30.5 Å². The highest BCUT2D eigenvalue weighted by Crippen LogP contribution is 2.24. The first-order valence-electron chi connectivity index (χ1n) is 7.28. The molecule has 1 aliphatic rings. The standard InChI is InChI=1S/C18H18N2O/c21-17-10-4-9-16(12-17)20-18(14-6-2-1-3-7-14)15-8-5-11-19-13-15/h1-3,5-8,11-13,18,20H,4,9-10H2. The minimum absolute atomic E-state index is 0.0250. The van der Waals surface area contributed by atoms with Crippen LogP contribution in [0.2, 0.25) is 0 Å². The second-order valence-electron chi connectivity index (χ2n) is 5.26. The van der Waals surface area contributed by atoms with Gasteiger partial charge in [-0.15, -0.1) is 0 Å². The number of nitrogens with zero attached hydrogens (tertiary/aromatic N) is 1. The average Bonchev–Trinajstić information content (AvgIpc) is 2.54. The number of pyridine rings is 1. The zero-order chi connectivity index (χ0) is 14.5. The van der Waals surface area contributed by atoms with Crippen LogP contribution in [0.5, 0.6) is 0 Å². The summed E-state index contributed by atoms with van der Waals surface area (Å²) in [6.07, 6.45) is 7.90. The molecule has 2 aromatic rings. The molecule has 3 heteroatoms. The average molecular weight is 278 g/mol. The van der Waals surface area contributed by atoms with Crippen molar-refractivity contribution >= 4 is 5.78 Å². The number of rotatable bonds is 4. The van der Waals surface area contributed by atoms with Gasteiger partial charge in [-0.3, -0.25) is 9.78 Å². The minimum atomic E-state index is 0.0250. The zero-order valence-corrected chi connectivity index (χ0v) is 11.8. The lowest BCUT2D eigenvalue weighted by Gasteiger charge is -2.24. The van der Waals surface area contributed by atoms with Crippen LogP contribution in [-0.4, -0.2) is 10.8 Å². The first-order valence-corrected chi connectivity index (χ1v) is 7.28. The van der Waals surface area contributed by atoms with Crippen LogP contribution in [0.4, 0.5) is 0 Å². The van der Waals surface area contributed by atoms with Crippen LogP contribution >= 0.6 is 0 Å². The SMILES string of the molecule is O=C1C=C(NC(c2ccccc2)c2cccnc2)CCC1. The van der Waals surface area contributed by atoms with Gasteiger partial charge in [-0.1, -0.05) is 36.4 Å². The summed E-state index contributed by atoms with van der Waals surface area (Å²) in [7, 11) is 0. The van der Waals surface area contributed by atoms with Crippen LogP contribution in [0.15, 0.2) is 66.6 Å². The van der Waals surface area contributed by atoms with Crippen molar-refractivity contribution in [1.29, 1.82) is 0 Å². The first-order chi connectivity index (χ1) is 10.3. The van der Waals surface area contributed by atoms with Gasteiger partial charge in [-0.2, -0.15) is 0 Å². The van der Waals surface area contributed by atoms with Gasteiger partial charge in [-0.05, 0) is 30.0 Å². The molecule has 0 saturated carbocycles. The van der Waals surface area contributed by atoms with E-state index in [4.69, 9.17) is 0 Å². The molecule has 0 bridgehead atoms. The third-order valence-corrected chi connectivity index (χ3v) is 3.68. The molecule has 106 valence electrons. The van der Waals surface area contributed by atoms with E-state index in [1.165, 1.54) is 5.56 Å². The van der Waals surface area contributed by atoms with Crippen molar-refractivity contribution in [2.75, 3.05) is 0 Å². The van der Waals surface area contributed by atoms with E-state index in [-0.39, 0.29) is 11.8 Å². The first kappa shape index (κ1) is 13.6. The predicted octanol–water partition coefficient (Wildman–Crippen LogP) is 3.40. The van der Waals surface area contributed by atoms with E-state index in [9.17, 15) is 4.79 Å². The van der Waals surface area contributed by atoms with Crippen molar-refractivity contribution in [1.82, 2.24) is 10.3 Å². The lowest BCUT2D eigenvalue weighted by molar-refractivity contribution is -0.115. The van der Waals surface area contributed by atoms with E-state index >= 15 is 0 Å². The smallest absolute Gasteiger partial charge is 0.157 e. The summed E-state index contributed by atoms with van der Waals surface area (Å²) in [4.78, 5) is 15.8. The second kappa shape index (κ2) is 6.35. The van der Waals surface area contributed by atoms with Gasteiger partial charge in [0.05, 0.1) is 6.04 Å². The Morgan fingerprint density at radius 3 is 2.52 bits per heavy atom. The number of aromatic nitrogens is 1. The molecule has 0 amide bonds. The van der Waals surface area contributed by atoms with Gasteiger partial charge in [0.1, 0.15) is 0 Å². The largest absolute Gasteiger partial charge is 0.377 e. The fraction of sp³-hybridized carbons (Fsp3) is 0.222. The van der Waals surface area contributed by atoms with Crippen molar-refractivity contribution in [2.24, 2.45) is 0 Å². The Balaban J connectivity index is 1.92. The third-order valence-electron chi connectivity index (χ3n) is 3.68. The molecule has 0 saturated heterocycles. The summed E-state index contributed by atoms with van der Waals surface area (Å²) in [6, 6.07) is 14.3. The molecule has 3 rings (SSSR count). The van der Waals surface area contributed by atoms with Gasteiger partial charge in [0.2, 0.25) is 0 Å². The molecule has 1 atom stereocenters. The molecule has 1 aromatic carbocycles. The Morgan fingerprint density at radius 1 is 1.00 bits per heavy atom. The van der Waals surface area contributed by atoms with Gasteiger partial charge < -0.3 is 5.32 Å². The highest BCUT2D eigenvalue weighted by molar-refractivity contribution is 5.91. The van der Waals surface area contributed by atoms with Gasteiger partial charge >= 0.3 is 0 Å². The Hall–Kier alpha value is -2.42. The van der Waals surface area contributed by atoms with E-state index in [0.29, 0.717) is 6.42 Å². The number of ketones is 1. The Kier molecular flexibility index (Phi) is 4.10. The second-order valence-corrected chi connectivity index (χ2v) is 5.26. The third kappa shape index (κ3) is 3.37. The highest BCUT2D eigenvalue weighted by Gasteiger charge is 2.17. The number of nitrogens with one attached hydrogen (secondary N) is 1. The summed E-state index contributed by atoms with van der Waals surface area (Å²) >= 11 is 0. The number of hydrogen-bond donors (Lipinski definition) is 1. The lowest BCUT2D eigenvalue weighted by atomic mass is 9.97. The molecule has 21 heavy (non-hydrogen) atoms. The fourth-order valence-corrected chi connectivity index (χ4v) is 2.64. The number of hydrogen-bond acceptors (Lipinski definition) is 3.